The molecule has 0 radical (unpaired) electrons. The lowest BCUT2D eigenvalue weighted by Gasteiger charge is -2.26. The summed E-state index contributed by atoms with van der Waals surface area (Å²) in [6.07, 6.45) is 0.790. The van der Waals surface area contributed by atoms with Gasteiger partial charge in [-0.2, -0.15) is 0 Å². The minimum atomic E-state index is -0.697. The van der Waals surface area contributed by atoms with Crippen LogP contribution in [0.1, 0.15) is 36.4 Å². The van der Waals surface area contributed by atoms with E-state index < -0.39 is 12.1 Å². The number of hydrogen-bond donors (Lipinski definition) is 2. The number of rotatable bonds is 6. The zero-order valence-electron chi connectivity index (χ0n) is 15.5. The van der Waals surface area contributed by atoms with Crippen molar-refractivity contribution in [2.24, 2.45) is 5.92 Å². The number of amides is 2. The summed E-state index contributed by atoms with van der Waals surface area (Å²) < 4.78 is 6.30. The number of nitrogens with one attached hydrogen (secondary N) is 2. The van der Waals surface area contributed by atoms with E-state index in [1.165, 1.54) is 11.3 Å². The summed E-state index contributed by atoms with van der Waals surface area (Å²) in [5.41, 5.74) is 0. The van der Waals surface area contributed by atoms with E-state index in [0.29, 0.717) is 24.3 Å². The van der Waals surface area contributed by atoms with E-state index >= 15 is 0 Å². The van der Waals surface area contributed by atoms with E-state index in [9.17, 15) is 14.4 Å². The highest BCUT2D eigenvalue weighted by molar-refractivity contribution is 7.20. The lowest BCUT2D eigenvalue weighted by atomic mass is 10.0. The Morgan fingerprint density at radius 1 is 1.30 bits per heavy atom. The maximum Gasteiger partial charge on any atom is 0.262 e. The van der Waals surface area contributed by atoms with Gasteiger partial charge in [0.2, 0.25) is 5.91 Å². The highest BCUT2D eigenvalue weighted by Crippen LogP contribution is 2.25. The van der Waals surface area contributed by atoms with Crippen LogP contribution in [0.4, 0.5) is 0 Å². The van der Waals surface area contributed by atoms with Crippen molar-refractivity contribution in [2.45, 2.75) is 38.8 Å². The van der Waals surface area contributed by atoms with Crippen LogP contribution in [0.25, 0.3) is 10.1 Å². The Morgan fingerprint density at radius 3 is 2.78 bits per heavy atom. The number of benzene rings is 1. The molecule has 1 aromatic carbocycles. The molecule has 1 saturated heterocycles. The zero-order chi connectivity index (χ0) is 19.4. The van der Waals surface area contributed by atoms with Gasteiger partial charge in [-0.1, -0.05) is 32.0 Å². The Balaban J connectivity index is 1.70. The second kappa shape index (κ2) is 8.63. The largest absolute Gasteiger partial charge is 0.378 e. The van der Waals surface area contributed by atoms with Crippen molar-refractivity contribution in [1.82, 2.24) is 10.6 Å². The predicted octanol–water partition coefficient (Wildman–Crippen LogP) is 2.52. The van der Waals surface area contributed by atoms with E-state index in [1.54, 1.807) is 0 Å². The lowest BCUT2D eigenvalue weighted by Crippen LogP contribution is -2.54. The van der Waals surface area contributed by atoms with Gasteiger partial charge in [-0.15, -0.1) is 11.3 Å². The van der Waals surface area contributed by atoms with Gasteiger partial charge in [0.05, 0.1) is 18.1 Å². The van der Waals surface area contributed by atoms with Gasteiger partial charge in [-0.3, -0.25) is 14.4 Å². The second-order valence-corrected chi connectivity index (χ2v) is 8.24. The van der Waals surface area contributed by atoms with Crippen LogP contribution in [0.3, 0.4) is 0 Å². The summed E-state index contributed by atoms with van der Waals surface area (Å²) >= 11 is 1.40. The van der Waals surface area contributed by atoms with Crippen LogP contribution in [-0.4, -0.2) is 42.9 Å². The number of ketones is 1. The van der Waals surface area contributed by atoms with Crippen LogP contribution in [0.15, 0.2) is 30.3 Å². The molecule has 2 heterocycles. The Hall–Kier alpha value is -2.25. The van der Waals surface area contributed by atoms with Gasteiger partial charge in [0.1, 0.15) is 12.1 Å². The number of carbonyl (C=O) groups excluding carboxylic acids is 3. The summed E-state index contributed by atoms with van der Waals surface area (Å²) in [7, 11) is 0. The molecule has 1 fully saturated rings. The Bertz CT molecular complexity index is 812. The molecule has 2 atom stereocenters. The molecule has 7 heteroatoms. The quantitative estimate of drug-likeness (QED) is 0.796. The van der Waals surface area contributed by atoms with Crippen LogP contribution in [0.5, 0.6) is 0 Å². The molecule has 1 aromatic heterocycles. The van der Waals surface area contributed by atoms with Crippen molar-refractivity contribution in [1.29, 1.82) is 0 Å². The smallest absolute Gasteiger partial charge is 0.262 e. The van der Waals surface area contributed by atoms with Crippen molar-refractivity contribution in [3.8, 4) is 0 Å². The van der Waals surface area contributed by atoms with Crippen molar-refractivity contribution in [2.75, 3.05) is 13.2 Å². The van der Waals surface area contributed by atoms with E-state index in [4.69, 9.17) is 4.74 Å². The molecule has 2 N–H and O–H groups in total. The van der Waals surface area contributed by atoms with E-state index in [0.717, 1.165) is 10.1 Å². The SMILES string of the molecule is CC(C)C[C@H](NC(=O)c1cc2ccccc2s1)C(=O)NC1COCCC1=O. The summed E-state index contributed by atoms with van der Waals surface area (Å²) in [6, 6.07) is 8.27. The van der Waals surface area contributed by atoms with Crippen LogP contribution < -0.4 is 10.6 Å². The van der Waals surface area contributed by atoms with Gasteiger partial charge in [-0.05, 0) is 29.9 Å². The molecule has 0 saturated carbocycles. The Kier molecular flexibility index (Phi) is 6.23. The number of ether oxygens (including phenoxy) is 1. The lowest BCUT2D eigenvalue weighted by molar-refractivity contribution is -0.133. The first-order valence-corrected chi connectivity index (χ1v) is 9.96. The highest BCUT2D eigenvalue weighted by Gasteiger charge is 2.29. The molecular weight excluding hydrogens is 364 g/mol. The first kappa shape index (κ1) is 19.5. The van der Waals surface area contributed by atoms with E-state index in [2.05, 4.69) is 10.6 Å². The van der Waals surface area contributed by atoms with Gasteiger partial charge in [0.25, 0.3) is 5.91 Å². The molecule has 2 aromatic rings. The molecule has 1 aliphatic heterocycles. The number of hydrogen-bond acceptors (Lipinski definition) is 5. The van der Waals surface area contributed by atoms with Crippen molar-refractivity contribution in [3.63, 3.8) is 0 Å². The summed E-state index contributed by atoms with van der Waals surface area (Å²) in [5, 5.41) is 6.57. The van der Waals surface area contributed by atoms with Gasteiger partial charge in [-0.25, -0.2) is 0 Å². The minimum absolute atomic E-state index is 0.0336. The predicted molar refractivity (Wildman–Crippen MR) is 105 cm³/mol. The third-order valence-electron chi connectivity index (χ3n) is 4.46. The van der Waals surface area contributed by atoms with Crippen molar-refractivity contribution < 1.29 is 19.1 Å². The third kappa shape index (κ3) is 4.93. The van der Waals surface area contributed by atoms with Crippen molar-refractivity contribution >= 4 is 39.0 Å². The number of thiophene rings is 1. The number of Topliss-reactive ketones (excluding diaryl/α,β-unsaturated/α-hetero) is 1. The average Bonchev–Trinajstić information content (AvgIpc) is 3.07. The van der Waals surface area contributed by atoms with E-state index in [-0.39, 0.29) is 30.1 Å². The molecule has 2 amide bonds. The number of fused-ring (bicyclic) bond motifs is 1. The first-order chi connectivity index (χ1) is 12.9. The fourth-order valence-electron chi connectivity index (χ4n) is 3.06. The molecule has 0 bridgehead atoms. The minimum Gasteiger partial charge on any atom is -0.378 e. The maximum absolute atomic E-state index is 12.7. The second-order valence-electron chi connectivity index (χ2n) is 7.16. The van der Waals surface area contributed by atoms with Crippen LogP contribution in [0.2, 0.25) is 0 Å². The van der Waals surface area contributed by atoms with Crippen LogP contribution >= 0.6 is 11.3 Å². The first-order valence-electron chi connectivity index (χ1n) is 9.14. The Labute approximate surface area is 162 Å². The summed E-state index contributed by atoms with van der Waals surface area (Å²) in [4.78, 5) is 37.9. The Morgan fingerprint density at radius 2 is 2.07 bits per heavy atom. The zero-order valence-corrected chi connectivity index (χ0v) is 16.3. The molecule has 0 spiro atoms. The molecule has 144 valence electrons. The van der Waals surface area contributed by atoms with E-state index in [1.807, 2.05) is 44.2 Å². The maximum atomic E-state index is 12.7. The molecule has 27 heavy (non-hydrogen) atoms. The normalized spacial score (nSPS) is 18.5. The monoisotopic (exact) mass is 388 g/mol. The van der Waals surface area contributed by atoms with Crippen LogP contribution in [0, 0.1) is 5.92 Å². The molecule has 1 unspecified atom stereocenters. The fraction of sp³-hybridized carbons (Fsp3) is 0.450. The van der Waals surface area contributed by atoms with Crippen molar-refractivity contribution in [3.05, 3.63) is 35.2 Å². The van der Waals surface area contributed by atoms with Gasteiger partial charge in [0.15, 0.2) is 5.78 Å². The fourth-order valence-corrected chi connectivity index (χ4v) is 4.03. The summed E-state index contributed by atoms with van der Waals surface area (Å²) in [6.45, 7) is 4.55. The highest BCUT2D eigenvalue weighted by atomic mass is 32.1. The molecular formula is C20H24N2O4S. The average molecular weight is 388 g/mol. The summed E-state index contributed by atoms with van der Waals surface area (Å²) in [5.74, 6) is -0.444. The topological polar surface area (TPSA) is 84.5 Å². The number of carbonyl (C=O) groups is 3. The molecule has 0 aliphatic carbocycles. The third-order valence-corrected chi connectivity index (χ3v) is 5.58. The van der Waals surface area contributed by atoms with Crippen LogP contribution in [-0.2, 0) is 14.3 Å². The standard InChI is InChI=1S/C20H24N2O4S/c1-12(2)9-14(19(24)22-15-11-26-8-7-16(15)23)21-20(25)18-10-13-5-3-4-6-17(13)27-18/h3-6,10,12,14-15H,7-9,11H2,1-2H3,(H,21,25)(H,22,24)/t14-,15?/m0/s1. The molecule has 1 aliphatic rings. The van der Waals surface area contributed by atoms with Gasteiger partial charge in [0, 0.05) is 11.1 Å². The van der Waals surface area contributed by atoms with Gasteiger partial charge < -0.3 is 15.4 Å². The molecule has 3 rings (SSSR count). The van der Waals surface area contributed by atoms with Gasteiger partial charge >= 0.3 is 0 Å². The molecule has 6 nitrogen and oxygen atoms in total.